The summed E-state index contributed by atoms with van der Waals surface area (Å²) < 4.78 is 24.6. The van der Waals surface area contributed by atoms with Crippen LogP contribution in [0.4, 0.5) is 16.0 Å². The summed E-state index contributed by atoms with van der Waals surface area (Å²) >= 11 is 1.52. The zero-order chi connectivity index (χ0) is 21.2. The normalized spacial score (nSPS) is 11.0. The number of anilines is 2. The van der Waals surface area contributed by atoms with Crippen molar-refractivity contribution in [2.45, 2.75) is 13.5 Å². The highest BCUT2D eigenvalue weighted by atomic mass is 32.1. The molecule has 0 spiro atoms. The molecule has 0 fully saturated rings. The first kappa shape index (κ1) is 19.1. The van der Waals surface area contributed by atoms with E-state index in [0.29, 0.717) is 28.6 Å². The molecule has 9 heteroatoms. The number of rotatable bonds is 6. The van der Waals surface area contributed by atoms with Crippen molar-refractivity contribution in [2.24, 2.45) is 0 Å². The van der Waals surface area contributed by atoms with E-state index in [-0.39, 0.29) is 12.4 Å². The minimum absolute atomic E-state index is 0.251. The van der Waals surface area contributed by atoms with Gasteiger partial charge in [-0.05, 0) is 31.2 Å². The average Bonchev–Trinajstić information content (AvgIpc) is 3.43. The van der Waals surface area contributed by atoms with Crippen LogP contribution in [0.25, 0.3) is 21.5 Å². The van der Waals surface area contributed by atoms with E-state index in [9.17, 15) is 4.39 Å². The standard InChI is InChI=1S/C22H16FN5O2S/c1-13-7-17(28-30-13)12-29-20-10-19-14(8-18(20)21-24-5-6-31-21)11-25-22(27-19)26-16-4-2-3-15(23)9-16/h2-11H,12H2,1H3,(H,25,26,27). The molecule has 0 aliphatic rings. The van der Waals surface area contributed by atoms with Gasteiger partial charge in [-0.25, -0.2) is 19.3 Å². The summed E-state index contributed by atoms with van der Waals surface area (Å²) in [5.41, 5.74) is 2.79. The van der Waals surface area contributed by atoms with E-state index in [0.717, 1.165) is 21.7 Å². The fourth-order valence-corrected chi connectivity index (χ4v) is 3.75. The quantitative estimate of drug-likeness (QED) is 0.378. The Morgan fingerprint density at radius 1 is 1.16 bits per heavy atom. The van der Waals surface area contributed by atoms with Gasteiger partial charge < -0.3 is 14.6 Å². The van der Waals surface area contributed by atoms with Gasteiger partial charge >= 0.3 is 0 Å². The van der Waals surface area contributed by atoms with Gasteiger partial charge in [-0.2, -0.15) is 0 Å². The highest BCUT2D eigenvalue weighted by Gasteiger charge is 2.14. The van der Waals surface area contributed by atoms with Crippen LogP contribution in [0.15, 0.2) is 64.8 Å². The van der Waals surface area contributed by atoms with Crippen LogP contribution in [0, 0.1) is 12.7 Å². The Balaban J connectivity index is 1.51. The highest BCUT2D eigenvalue weighted by molar-refractivity contribution is 7.13. The van der Waals surface area contributed by atoms with E-state index in [1.807, 2.05) is 30.5 Å². The summed E-state index contributed by atoms with van der Waals surface area (Å²) in [6, 6.07) is 11.8. The van der Waals surface area contributed by atoms with Crippen molar-refractivity contribution >= 4 is 33.9 Å². The van der Waals surface area contributed by atoms with Gasteiger partial charge in [0.15, 0.2) is 0 Å². The number of benzene rings is 2. The van der Waals surface area contributed by atoms with Crippen molar-refractivity contribution in [2.75, 3.05) is 5.32 Å². The van der Waals surface area contributed by atoms with Crippen molar-refractivity contribution in [1.29, 1.82) is 0 Å². The van der Waals surface area contributed by atoms with Gasteiger partial charge in [0.25, 0.3) is 0 Å². The third-order valence-electron chi connectivity index (χ3n) is 4.48. The molecular formula is C22H16FN5O2S. The third kappa shape index (κ3) is 4.22. The molecule has 0 amide bonds. The van der Waals surface area contributed by atoms with Crippen LogP contribution in [0.3, 0.4) is 0 Å². The average molecular weight is 433 g/mol. The lowest BCUT2D eigenvalue weighted by molar-refractivity contribution is 0.289. The van der Waals surface area contributed by atoms with E-state index in [4.69, 9.17) is 9.26 Å². The van der Waals surface area contributed by atoms with E-state index in [1.165, 1.54) is 23.5 Å². The molecule has 0 bridgehead atoms. The van der Waals surface area contributed by atoms with E-state index in [2.05, 4.69) is 25.4 Å². The second kappa shape index (κ2) is 8.11. The van der Waals surface area contributed by atoms with Crippen molar-refractivity contribution in [1.82, 2.24) is 20.1 Å². The number of ether oxygens (including phenoxy) is 1. The van der Waals surface area contributed by atoms with E-state index in [1.54, 1.807) is 24.5 Å². The lowest BCUT2D eigenvalue weighted by Crippen LogP contribution is -2.00. The van der Waals surface area contributed by atoms with Crippen molar-refractivity contribution in [3.63, 3.8) is 0 Å². The molecule has 154 valence electrons. The summed E-state index contributed by atoms with van der Waals surface area (Å²) in [4.78, 5) is 13.3. The summed E-state index contributed by atoms with van der Waals surface area (Å²) in [6.07, 6.45) is 3.46. The molecule has 0 aliphatic carbocycles. The summed E-state index contributed by atoms with van der Waals surface area (Å²) in [6.45, 7) is 2.08. The topological polar surface area (TPSA) is 86.0 Å². The van der Waals surface area contributed by atoms with Gasteiger partial charge in [-0.3, -0.25) is 0 Å². The molecule has 0 atom stereocenters. The van der Waals surface area contributed by atoms with Crippen LogP contribution >= 0.6 is 11.3 Å². The first-order valence-corrected chi connectivity index (χ1v) is 10.3. The van der Waals surface area contributed by atoms with Crippen LogP contribution in [-0.2, 0) is 6.61 Å². The minimum Gasteiger partial charge on any atom is -0.486 e. The fourth-order valence-electron chi connectivity index (χ4n) is 3.10. The second-order valence-corrected chi connectivity index (χ2v) is 7.69. The summed E-state index contributed by atoms with van der Waals surface area (Å²) in [5, 5.41) is 10.6. The second-order valence-electron chi connectivity index (χ2n) is 6.79. The van der Waals surface area contributed by atoms with Crippen LogP contribution in [0.5, 0.6) is 5.75 Å². The Morgan fingerprint density at radius 3 is 2.87 bits per heavy atom. The molecule has 31 heavy (non-hydrogen) atoms. The predicted octanol–water partition coefficient (Wildman–Crippen LogP) is 5.51. The lowest BCUT2D eigenvalue weighted by Gasteiger charge is -2.11. The Labute approximate surface area is 180 Å². The summed E-state index contributed by atoms with van der Waals surface area (Å²) in [7, 11) is 0. The molecule has 7 nitrogen and oxygen atoms in total. The Hall–Kier alpha value is -3.85. The third-order valence-corrected chi connectivity index (χ3v) is 5.28. The zero-order valence-electron chi connectivity index (χ0n) is 16.4. The number of thiazole rings is 1. The maximum absolute atomic E-state index is 13.5. The Bertz CT molecular complexity index is 1350. The number of fused-ring (bicyclic) bond motifs is 1. The molecule has 0 saturated heterocycles. The first-order chi connectivity index (χ1) is 15.1. The largest absolute Gasteiger partial charge is 0.486 e. The molecule has 2 aromatic carbocycles. The van der Waals surface area contributed by atoms with Gasteiger partial charge in [0, 0.05) is 41.0 Å². The first-order valence-electron chi connectivity index (χ1n) is 9.42. The van der Waals surface area contributed by atoms with Gasteiger partial charge in [-0.1, -0.05) is 11.2 Å². The van der Waals surface area contributed by atoms with E-state index >= 15 is 0 Å². The number of aryl methyl sites for hydroxylation is 1. The van der Waals surface area contributed by atoms with Crippen molar-refractivity contribution < 1.29 is 13.7 Å². The maximum Gasteiger partial charge on any atom is 0.227 e. The fraction of sp³-hybridized carbons (Fsp3) is 0.0909. The van der Waals surface area contributed by atoms with Crippen LogP contribution in [0.1, 0.15) is 11.5 Å². The number of halogens is 1. The van der Waals surface area contributed by atoms with Crippen LogP contribution in [-0.4, -0.2) is 20.1 Å². The SMILES string of the molecule is Cc1cc(COc2cc3nc(Nc4cccc(F)c4)ncc3cc2-c2nccs2)no1. The number of hydrogen-bond donors (Lipinski definition) is 1. The highest BCUT2D eigenvalue weighted by Crippen LogP contribution is 2.35. The smallest absolute Gasteiger partial charge is 0.227 e. The number of nitrogens with one attached hydrogen (secondary N) is 1. The molecule has 5 aromatic rings. The van der Waals surface area contributed by atoms with Crippen LogP contribution < -0.4 is 10.1 Å². The minimum atomic E-state index is -0.336. The molecule has 0 aliphatic heterocycles. The van der Waals surface area contributed by atoms with Gasteiger partial charge in [0.05, 0.1) is 11.1 Å². The number of aromatic nitrogens is 4. The number of hydrogen-bond acceptors (Lipinski definition) is 8. The number of nitrogens with zero attached hydrogens (tertiary/aromatic N) is 4. The molecule has 0 saturated carbocycles. The monoisotopic (exact) mass is 433 g/mol. The van der Waals surface area contributed by atoms with E-state index < -0.39 is 0 Å². The molecule has 3 heterocycles. The van der Waals surface area contributed by atoms with Gasteiger partial charge in [0.2, 0.25) is 5.95 Å². The predicted molar refractivity (Wildman–Crippen MR) is 116 cm³/mol. The molecule has 5 rings (SSSR count). The molecule has 0 unspecified atom stereocenters. The lowest BCUT2D eigenvalue weighted by atomic mass is 10.1. The Morgan fingerprint density at radius 2 is 2.10 bits per heavy atom. The summed E-state index contributed by atoms with van der Waals surface area (Å²) in [5.74, 6) is 1.37. The maximum atomic E-state index is 13.5. The van der Waals surface area contributed by atoms with Gasteiger partial charge in [0.1, 0.15) is 34.6 Å². The van der Waals surface area contributed by atoms with Crippen LogP contribution in [0.2, 0.25) is 0 Å². The molecule has 1 N–H and O–H groups in total. The molecule has 3 aromatic heterocycles. The van der Waals surface area contributed by atoms with Crippen molar-refractivity contribution in [3.05, 3.63) is 77.5 Å². The van der Waals surface area contributed by atoms with Crippen molar-refractivity contribution in [3.8, 4) is 16.3 Å². The molecular weight excluding hydrogens is 417 g/mol. The molecule has 0 radical (unpaired) electrons. The zero-order valence-corrected chi connectivity index (χ0v) is 17.2. The Kier molecular flexibility index (Phi) is 5.01. The van der Waals surface area contributed by atoms with Gasteiger partial charge in [-0.15, -0.1) is 11.3 Å².